The van der Waals surface area contributed by atoms with Crippen molar-refractivity contribution in [3.63, 3.8) is 0 Å². The molecule has 0 aromatic carbocycles. The molecule has 1 heterocycles. The summed E-state index contributed by atoms with van der Waals surface area (Å²) in [6.07, 6.45) is 0. The first-order valence-electron chi connectivity index (χ1n) is 6.54. The van der Waals surface area contributed by atoms with E-state index in [1.165, 1.54) is 0 Å². The van der Waals surface area contributed by atoms with Crippen LogP contribution in [0.3, 0.4) is 0 Å². The van der Waals surface area contributed by atoms with Gasteiger partial charge in [-0.25, -0.2) is 0 Å². The molecule has 7 nitrogen and oxygen atoms in total. The fourth-order valence-corrected chi connectivity index (χ4v) is 1.62. The normalized spacial score (nSPS) is 12.0. The number of carbonyl (C=O) groups excluding carboxylic acids is 1. The first-order valence-corrected chi connectivity index (χ1v) is 6.54. The van der Waals surface area contributed by atoms with Crippen molar-refractivity contribution in [2.45, 2.75) is 20.8 Å². The standard InChI is InChI=1S/C13H20N4O3/c1-4-14-12(18)10-5-6-11(17-16-10)15-7-9(8(2)3)13(19)20/h5-6,8-9H,4,7H2,1-3H3,(H,14,18)(H,15,17)(H,19,20). The van der Waals surface area contributed by atoms with Crippen LogP contribution in [0.15, 0.2) is 12.1 Å². The number of aliphatic carboxylic acids is 1. The molecule has 7 heteroatoms. The topological polar surface area (TPSA) is 104 Å². The molecule has 1 aromatic rings. The molecule has 0 saturated heterocycles. The highest BCUT2D eigenvalue weighted by atomic mass is 16.4. The minimum absolute atomic E-state index is 0.0163. The molecule has 3 N–H and O–H groups in total. The van der Waals surface area contributed by atoms with Crippen LogP contribution < -0.4 is 10.6 Å². The van der Waals surface area contributed by atoms with E-state index >= 15 is 0 Å². The largest absolute Gasteiger partial charge is 0.481 e. The van der Waals surface area contributed by atoms with Crippen molar-refractivity contribution in [2.24, 2.45) is 11.8 Å². The van der Waals surface area contributed by atoms with Gasteiger partial charge >= 0.3 is 5.97 Å². The molecular formula is C13H20N4O3. The Labute approximate surface area is 117 Å². The number of hydrogen-bond acceptors (Lipinski definition) is 5. The van der Waals surface area contributed by atoms with Gasteiger partial charge in [0, 0.05) is 13.1 Å². The third kappa shape index (κ3) is 4.49. The van der Waals surface area contributed by atoms with E-state index in [2.05, 4.69) is 20.8 Å². The molecule has 1 aromatic heterocycles. The van der Waals surface area contributed by atoms with Crippen LogP contribution in [0.5, 0.6) is 0 Å². The fraction of sp³-hybridized carbons (Fsp3) is 0.538. The summed E-state index contributed by atoms with van der Waals surface area (Å²) < 4.78 is 0. The van der Waals surface area contributed by atoms with Crippen LogP contribution in [-0.4, -0.2) is 40.3 Å². The molecular weight excluding hydrogens is 260 g/mol. The van der Waals surface area contributed by atoms with Gasteiger partial charge in [0.1, 0.15) is 5.82 Å². The van der Waals surface area contributed by atoms with Gasteiger partial charge in [0.2, 0.25) is 0 Å². The van der Waals surface area contributed by atoms with E-state index in [9.17, 15) is 9.59 Å². The third-order valence-electron chi connectivity index (χ3n) is 2.86. The lowest BCUT2D eigenvalue weighted by Crippen LogP contribution is -2.28. The Hall–Kier alpha value is -2.18. The van der Waals surface area contributed by atoms with Crippen LogP contribution in [0, 0.1) is 11.8 Å². The number of carboxylic acids is 1. The minimum Gasteiger partial charge on any atom is -0.481 e. The molecule has 20 heavy (non-hydrogen) atoms. The fourth-order valence-electron chi connectivity index (χ4n) is 1.62. The zero-order valence-corrected chi connectivity index (χ0v) is 11.9. The lowest BCUT2D eigenvalue weighted by atomic mass is 9.96. The van der Waals surface area contributed by atoms with Crippen molar-refractivity contribution >= 4 is 17.7 Å². The molecule has 0 bridgehead atoms. The Balaban J connectivity index is 2.61. The van der Waals surface area contributed by atoms with Gasteiger partial charge in [0.05, 0.1) is 5.92 Å². The van der Waals surface area contributed by atoms with Crippen molar-refractivity contribution in [2.75, 3.05) is 18.4 Å². The second-order valence-electron chi connectivity index (χ2n) is 4.73. The average Bonchev–Trinajstić information content (AvgIpc) is 2.39. The van der Waals surface area contributed by atoms with Crippen LogP contribution in [0.1, 0.15) is 31.3 Å². The molecule has 0 aliphatic rings. The summed E-state index contributed by atoms with van der Waals surface area (Å²) in [7, 11) is 0. The Morgan fingerprint density at radius 2 is 2.00 bits per heavy atom. The monoisotopic (exact) mass is 280 g/mol. The number of aromatic nitrogens is 2. The molecule has 0 saturated carbocycles. The van der Waals surface area contributed by atoms with Gasteiger partial charge in [0.15, 0.2) is 5.69 Å². The van der Waals surface area contributed by atoms with E-state index in [0.717, 1.165) is 0 Å². The molecule has 0 aliphatic carbocycles. The van der Waals surface area contributed by atoms with Gasteiger partial charge in [-0.3, -0.25) is 9.59 Å². The van der Waals surface area contributed by atoms with E-state index in [1.54, 1.807) is 12.1 Å². The van der Waals surface area contributed by atoms with Gasteiger partial charge in [-0.2, -0.15) is 0 Å². The second kappa shape index (κ2) is 7.42. The molecule has 1 amide bonds. The molecule has 1 rings (SSSR count). The van der Waals surface area contributed by atoms with Crippen molar-refractivity contribution < 1.29 is 14.7 Å². The molecule has 0 spiro atoms. The number of nitrogens with zero attached hydrogens (tertiary/aromatic N) is 2. The third-order valence-corrected chi connectivity index (χ3v) is 2.86. The minimum atomic E-state index is -0.848. The van der Waals surface area contributed by atoms with Gasteiger partial charge in [-0.1, -0.05) is 13.8 Å². The Kier molecular flexibility index (Phi) is 5.89. The molecule has 1 atom stereocenters. The lowest BCUT2D eigenvalue weighted by molar-refractivity contribution is -0.142. The quantitative estimate of drug-likeness (QED) is 0.688. The predicted molar refractivity (Wildman–Crippen MR) is 74.5 cm³/mol. The maximum atomic E-state index is 11.5. The predicted octanol–water partition coefficient (Wildman–Crippen LogP) is 0.995. The highest BCUT2D eigenvalue weighted by Crippen LogP contribution is 2.12. The second-order valence-corrected chi connectivity index (χ2v) is 4.73. The first kappa shape index (κ1) is 15.9. The number of hydrogen-bond donors (Lipinski definition) is 3. The maximum absolute atomic E-state index is 11.5. The van der Waals surface area contributed by atoms with Crippen molar-refractivity contribution in [3.05, 3.63) is 17.8 Å². The van der Waals surface area contributed by atoms with Crippen molar-refractivity contribution in [3.8, 4) is 0 Å². The Bertz CT molecular complexity index is 459. The van der Waals surface area contributed by atoms with E-state index in [4.69, 9.17) is 5.11 Å². The highest BCUT2D eigenvalue weighted by molar-refractivity contribution is 5.92. The number of rotatable bonds is 7. The number of amides is 1. The van der Waals surface area contributed by atoms with Crippen LogP contribution in [0.4, 0.5) is 5.82 Å². The number of carbonyl (C=O) groups is 2. The first-order chi connectivity index (χ1) is 9.45. The summed E-state index contributed by atoms with van der Waals surface area (Å²) in [5.41, 5.74) is 0.232. The molecule has 110 valence electrons. The maximum Gasteiger partial charge on any atom is 0.308 e. The average molecular weight is 280 g/mol. The summed E-state index contributed by atoms with van der Waals surface area (Å²) in [6, 6.07) is 3.16. The number of carboxylic acid groups (broad SMARTS) is 1. The smallest absolute Gasteiger partial charge is 0.308 e. The summed E-state index contributed by atoms with van der Waals surface area (Å²) >= 11 is 0. The van der Waals surface area contributed by atoms with Crippen molar-refractivity contribution in [1.82, 2.24) is 15.5 Å². The van der Waals surface area contributed by atoms with E-state index in [1.807, 2.05) is 20.8 Å². The zero-order chi connectivity index (χ0) is 15.1. The molecule has 0 radical (unpaired) electrons. The Morgan fingerprint density at radius 1 is 1.30 bits per heavy atom. The van der Waals surface area contributed by atoms with Crippen molar-refractivity contribution in [1.29, 1.82) is 0 Å². The van der Waals surface area contributed by atoms with E-state index in [0.29, 0.717) is 12.4 Å². The SMILES string of the molecule is CCNC(=O)c1ccc(NCC(C(=O)O)C(C)C)nn1. The summed E-state index contributed by atoms with van der Waals surface area (Å²) in [4.78, 5) is 22.5. The van der Waals surface area contributed by atoms with E-state index in [-0.39, 0.29) is 24.1 Å². The molecule has 0 aliphatic heterocycles. The van der Waals surface area contributed by atoms with Crippen LogP contribution in [-0.2, 0) is 4.79 Å². The summed E-state index contributed by atoms with van der Waals surface area (Å²) in [6.45, 7) is 6.31. The molecule has 0 fully saturated rings. The van der Waals surface area contributed by atoms with Crippen LogP contribution in [0.25, 0.3) is 0 Å². The lowest BCUT2D eigenvalue weighted by Gasteiger charge is -2.16. The van der Waals surface area contributed by atoms with Gasteiger partial charge < -0.3 is 15.7 Å². The number of anilines is 1. The van der Waals surface area contributed by atoms with Crippen LogP contribution in [0.2, 0.25) is 0 Å². The summed E-state index contributed by atoms with van der Waals surface area (Å²) in [5.74, 6) is -1.16. The molecule has 1 unspecified atom stereocenters. The zero-order valence-electron chi connectivity index (χ0n) is 11.9. The van der Waals surface area contributed by atoms with Crippen LogP contribution >= 0.6 is 0 Å². The van der Waals surface area contributed by atoms with Gasteiger partial charge in [-0.15, -0.1) is 10.2 Å². The van der Waals surface area contributed by atoms with E-state index < -0.39 is 11.9 Å². The Morgan fingerprint density at radius 3 is 2.45 bits per heavy atom. The summed E-state index contributed by atoms with van der Waals surface area (Å²) in [5, 5.41) is 22.3. The van der Waals surface area contributed by atoms with Gasteiger partial charge in [0.25, 0.3) is 5.91 Å². The van der Waals surface area contributed by atoms with Gasteiger partial charge in [-0.05, 0) is 25.0 Å². The highest BCUT2D eigenvalue weighted by Gasteiger charge is 2.21. The number of nitrogens with one attached hydrogen (secondary N) is 2.